The lowest BCUT2D eigenvalue weighted by Gasteiger charge is -2.34. The van der Waals surface area contributed by atoms with E-state index in [4.69, 9.17) is 9.57 Å². The van der Waals surface area contributed by atoms with Crippen LogP contribution in [-0.4, -0.2) is 18.3 Å². The first-order chi connectivity index (χ1) is 5.36. The maximum Gasteiger partial charge on any atom is 0.431 e. The molecule has 0 bridgehead atoms. The zero-order valence-electron chi connectivity index (χ0n) is 6.21. The second-order valence-corrected chi connectivity index (χ2v) is 2.99. The van der Waals surface area contributed by atoms with Gasteiger partial charge in [0.05, 0.1) is 0 Å². The molecular weight excluding hydrogens is 146 g/mol. The molecule has 2 rings (SSSR count). The molecule has 62 valence electrons. The molecule has 11 heavy (non-hydrogen) atoms. The zero-order valence-corrected chi connectivity index (χ0v) is 6.21. The molecule has 0 aromatic carbocycles. The highest BCUT2D eigenvalue weighted by molar-refractivity contribution is 5.66. The maximum absolute atomic E-state index is 10.7. The summed E-state index contributed by atoms with van der Waals surface area (Å²) in [5.41, 5.74) is 2.22. The average molecular weight is 157 g/mol. The predicted octanol–water partition coefficient (Wildman–Crippen LogP) is 0.969. The first-order valence-electron chi connectivity index (χ1n) is 3.98. The molecule has 0 aromatic rings. The first kappa shape index (κ1) is 6.91. The topological polar surface area (TPSA) is 47.6 Å². The number of hydrogen-bond donors (Lipinski definition) is 1. The second-order valence-electron chi connectivity index (χ2n) is 2.99. The Morgan fingerprint density at radius 3 is 2.82 bits per heavy atom. The summed E-state index contributed by atoms with van der Waals surface area (Å²) in [6.07, 6.45) is 3.87. The highest BCUT2D eigenvalue weighted by Gasteiger charge is 2.33. The van der Waals surface area contributed by atoms with E-state index < -0.39 is 6.09 Å². The molecule has 4 nitrogen and oxygen atoms in total. The third-order valence-electron chi connectivity index (χ3n) is 2.19. The van der Waals surface area contributed by atoms with Crippen LogP contribution in [0.15, 0.2) is 0 Å². The molecule has 1 aliphatic carbocycles. The number of amides is 1. The van der Waals surface area contributed by atoms with Gasteiger partial charge < -0.3 is 4.74 Å². The highest BCUT2D eigenvalue weighted by atomic mass is 16.7. The smallest absolute Gasteiger partial charge is 0.431 e. The summed E-state index contributed by atoms with van der Waals surface area (Å²) in [7, 11) is 0. The molecule has 0 radical (unpaired) electrons. The number of carbonyl (C=O) groups is 1. The Hall–Kier alpha value is -0.770. The van der Waals surface area contributed by atoms with Crippen LogP contribution < -0.4 is 5.48 Å². The summed E-state index contributed by atoms with van der Waals surface area (Å²) >= 11 is 0. The van der Waals surface area contributed by atoms with E-state index in [0.29, 0.717) is 0 Å². The Bertz CT molecular complexity index is 171. The van der Waals surface area contributed by atoms with Crippen molar-refractivity contribution in [2.75, 3.05) is 0 Å². The average Bonchev–Trinajstić information content (AvgIpc) is 2.04. The molecule has 1 saturated carbocycles. The number of fused-ring (bicyclic) bond motifs is 1. The third kappa shape index (κ3) is 1.30. The summed E-state index contributed by atoms with van der Waals surface area (Å²) in [6.45, 7) is 0. The van der Waals surface area contributed by atoms with Crippen LogP contribution >= 0.6 is 0 Å². The number of hydrogen-bond acceptors (Lipinski definition) is 3. The first-order valence-corrected chi connectivity index (χ1v) is 3.98. The molecule has 2 atom stereocenters. The van der Waals surface area contributed by atoms with Crippen molar-refractivity contribution < 1.29 is 14.4 Å². The van der Waals surface area contributed by atoms with Crippen molar-refractivity contribution >= 4 is 6.09 Å². The van der Waals surface area contributed by atoms with Gasteiger partial charge in [0.25, 0.3) is 0 Å². The summed E-state index contributed by atoms with van der Waals surface area (Å²) in [6, 6.07) is 0. The van der Waals surface area contributed by atoms with Gasteiger partial charge in [-0.05, 0) is 19.3 Å². The Labute approximate surface area is 64.8 Å². The Kier molecular flexibility index (Phi) is 1.69. The largest absolute Gasteiger partial charge is 0.442 e. The standard InChI is InChI=1S/C7H11NO3/c9-7-8-11-6-4-2-1-3-5(6)10-7/h5-6H,1-4H2,(H,8,9). The van der Waals surface area contributed by atoms with Crippen LogP contribution in [0.25, 0.3) is 0 Å². The molecule has 4 heteroatoms. The van der Waals surface area contributed by atoms with Crippen LogP contribution in [0.3, 0.4) is 0 Å². The van der Waals surface area contributed by atoms with Crippen LogP contribution in [0, 0.1) is 0 Å². The fourth-order valence-electron chi connectivity index (χ4n) is 1.62. The van der Waals surface area contributed by atoms with Gasteiger partial charge in [0.15, 0.2) is 0 Å². The minimum Gasteiger partial charge on any atom is -0.442 e. The van der Waals surface area contributed by atoms with Gasteiger partial charge in [0, 0.05) is 0 Å². The van der Waals surface area contributed by atoms with Crippen molar-refractivity contribution in [1.82, 2.24) is 5.48 Å². The fourth-order valence-corrected chi connectivity index (χ4v) is 1.62. The predicted molar refractivity (Wildman–Crippen MR) is 36.7 cm³/mol. The van der Waals surface area contributed by atoms with Crippen LogP contribution in [0.4, 0.5) is 4.79 Å². The molecule has 1 amide bonds. The molecule has 1 saturated heterocycles. The quantitative estimate of drug-likeness (QED) is 0.570. The minimum absolute atomic E-state index is 0.00231. The molecule has 1 aliphatic heterocycles. The van der Waals surface area contributed by atoms with E-state index in [0.717, 1.165) is 19.3 Å². The van der Waals surface area contributed by atoms with Crippen molar-refractivity contribution in [3.8, 4) is 0 Å². The lowest BCUT2D eigenvalue weighted by molar-refractivity contribution is -0.142. The van der Waals surface area contributed by atoms with Crippen molar-refractivity contribution in [1.29, 1.82) is 0 Å². The van der Waals surface area contributed by atoms with Crippen molar-refractivity contribution in [2.45, 2.75) is 37.9 Å². The minimum atomic E-state index is -0.451. The molecule has 2 fully saturated rings. The molecule has 2 unspecified atom stereocenters. The van der Waals surface area contributed by atoms with Gasteiger partial charge in [0.1, 0.15) is 12.2 Å². The SMILES string of the molecule is O=C1NOC2CCCCC2O1. The van der Waals surface area contributed by atoms with Crippen LogP contribution in [-0.2, 0) is 9.57 Å². The number of rotatable bonds is 0. The van der Waals surface area contributed by atoms with E-state index >= 15 is 0 Å². The Balaban J connectivity index is 1.98. The zero-order chi connectivity index (χ0) is 7.68. The molecule has 1 N–H and O–H groups in total. The molecule has 0 spiro atoms. The molecule has 1 heterocycles. The van der Waals surface area contributed by atoms with Gasteiger partial charge >= 0.3 is 6.09 Å². The van der Waals surface area contributed by atoms with Crippen molar-refractivity contribution in [3.63, 3.8) is 0 Å². The maximum atomic E-state index is 10.7. The lowest BCUT2D eigenvalue weighted by atomic mass is 9.94. The summed E-state index contributed by atoms with van der Waals surface area (Å²) in [5, 5.41) is 0. The number of nitrogens with one attached hydrogen (secondary N) is 1. The molecule has 0 aromatic heterocycles. The summed E-state index contributed by atoms with van der Waals surface area (Å²) in [4.78, 5) is 15.7. The number of ether oxygens (including phenoxy) is 1. The van der Waals surface area contributed by atoms with E-state index in [1.54, 1.807) is 0 Å². The number of hydroxylamine groups is 1. The van der Waals surface area contributed by atoms with Crippen molar-refractivity contribution in [2.24, 2.45) is 0 Å². The normalized spacial score (nSPS) is 36.9. The fraction of sp³-hybridized carbons (Fsp3) is 0.857. The molecular formula is C7H11NO3. The van der Waals surface area contributed by atoms with Crippen LogP contribution in [0.1, 0.15) is 25.7 Å². The summed E-state index contributed by atoms with van der Waals surface area (Å²) in [5.74, 6) is 0. The van der Waals surface area contributed by atoms with E-state index in [9.17, 15) is 4.79 Å². The Morgan fingerprint density at radius 1 is 1.27 bits per heavy atom. The Morgan fingerprint density at radius 2 is 2.00 bits per heavy atom. The molecule has 2 aliphatic rings. The van der Waals surface area contributed by atoms with Crippen molar-refractivity contribution in [3.05, 3.63) is 0 Å². The van der Waals surface area contributed by atoms with Gasteiger partial charge in [-0.15, -0.1) is 0 Å². The lowest BCUT2D eigenvalue weighted by Crippen LogP contribution is -2.48. The van der Waals surface area contributed by atoms with Gasteiger partial charge in [-0.2, -0.15) is 5.48 Å². The van der Waals surface area contributed by atoms with E-state index in [1.165, 1.54) is 6.42 Å². The summed E-state index contributed by atoms with van der Waals surface area (Å²) < 4.78 is 5.02. The third-order valence-corrected chi connectivity index (χ3v) is 2.19. The van der Waals surface area contributed by atoms with Crippen LogP contribution in [0.5, 0.6) is 0 Å². The second kappa shape index (κ2) is 2.70. The van der Waals surface area contributed by atoms with Gasteiger partial charge in [0.2, 0.25) is 0 Å². The monoisotopic (exact) mass is 157 g/mol. The van der Waals surface area contributed by atoms with E-state index in [2.05, 4.69) is 5.48 Å². The highest BCUT2D eigenvalue weighted by Crippen LogP contribution is 2.25. The van der Waals surface area contributed by atoms with E-state index in [-0.39, 0.29) is 12.2 Å². The van der Waals surface area contributed by atoms with Gasteiger partial charge in [-0.1, -0.05) is 6.42 Å². The van der Waals surface area contributed by atoms with E-state index in [1.807, 2.05) is 0 Å². The van der Waals surface area contributed by atoms with Gasteiger partial charge in [-0.3, -0.25) is 4.84 Å². The van der Waals surface area contributed by atoms with Crippen LogP contribution in [0.2, 0.25) is 0 Å². The number of carbonyl (C=O) groups excluding carboxylic acids is 1. The van der Waals surface area contributed by atoms with Gasteiger partial charge in [-0.25, -0.2) is 4.79 Å².